The van der Waals surface area contributed by atoms with E-state index in [-0.39, 0.29) is 18.5 Å². The van der Waals surface area contributed by atoms with Crippen LogP contribution in [0.4, 0.5) is 4.79 Å². The van der Waals surface area contributed by atoms with Crippen molar-refractivity contribution in [1.82, 2.24) is 10.2 Å². The third kappa shape index (κ3) is 4.76. The zero-order chi connectivity index (χ0) is 15.9. The lowest BCUT2D eigenvalue weighted by Gasteiger charge is -2.25. The summed E-state index contributed by atoms with van der Waals surface area (Å²) in [5.74, 6) is -0.826. The predicted molar refractivity (Wildman–Crippen MR) is 84.9 cm³/mol. The Balaban J connectivity index is 1.83. The summed E-state index contributed by atoms with van der Waals surface area (Å²) in [5, 5.41) is 11.4. The fraction of sp³-hybridized carbons (Fsp3) is 0.529. The van der Waals surface area contributed by atoms with Crippen molar-refractivity contribution in [2.75, 3.05) is 13.1 Å². The summed E-state index contributed by atoms with van der Waals surface area (Å²) in [5.41, 5.74) is 2.49. The van der Waals surface area contributed by atoms with Crippen molar-refractivity contribution >= 4 is 12.0 Å². The molecule has 22 heavy (non-hydrogen) atoms. The molecule has 0 spiro atoms. The summed E-state index contributed by atoms with van der Waals surface area (Å²) >= 11 is 0. The van der Waals surface area contributed by atoms with E-state index < -0.39 is 5.97 Å². The first-order valence-electron chi connectivity index (χ1n) is 7.88. The topological polar surface area (TPSA) is 69.6 Å². The van der Waals surface area contributed by atoms with Gasteiger partial charge in [-0.15, -0.1) is 0 Å². The van der Waals surface area contributed by atoms with E-state index in [0.717, 1.165) is 25.8 Å². The number of carboxylic acid groups (broad SMARTS) is 1. The number of amides is 2. The zero-order valence-electron chi connectivity index (χ0n) is 13.0. The van der Waals surface area contributed by atoms with Crippen molar-refractivity contribution in [2.24, 2.45) is 0 Å². The SMILES string of the molecule is Cc1ccc(CC2CCCN2C(=O)NCCCC(=O)O)cc1. The molecule has 1 atom stereocenters. The molecule has 5 heteroatoms. The van der Waals surface area contributed by atoms with Gasteiger partial charge in [0.1, 0.15) is 0 Å². The highest BCUT2D eigenvalue weighted by molar-refractivity contribution is 5.75. The van der Waals surface area contributed by atoms with E-state index in [0.29, 0.717) is 13.0 Å². The van der Waals surface area contributed by atoms with E-state index in [9.17, 15) is 9.59 Å². The van der Waals surface area contributed by atoms with Crippen LogP contribution in [-0.2, 0) is 11.2 Å². The van der Waals surface area contributed by atoms with Gasteiger partial charge in [0.25, 0.3) is 0 Å². The predicted octanol–water partition coefficient (Wildman–Crippen LogP) is 2.58. The van der Waals surface area contributed by atoms with Crippen LogP contribution in [0.15, 0.2) is 24.3 Å². The van der Waals surface area contributed by atoms with Crippen LogP contribution in [0.3, 0.4) is 0 Å². The molecule has 0 saturated carbocycles. The first-order valence-corrected chi connectivity index (χ1v) is 7.88. The van der Waals surface area contributed by atoms with Crippen LogP contribution in [0.2, 0.25) is 0 Å². The van der Waals surface area contributed by atoms with Gasteiger partial charge in [0.2, 0.25) is 0 Å². The summed E-state index contributed by atoms with van der Waals surface area (Å²) in [7, 11) is 0. The maximum absolute atomic E-state index is 12.2. The summed E-state index contributed by atoms with van der Waals surface area (Å²) in [6, 6.07) is 8.61. The highest BCUT2D eigenvalue weighted by atomic mass is 16.4. The number of nitrogens with zero attached hydrogens (tertiary/aromatic N) is 1. The fourth-order valence-corrected chi connectivity index (χ4v) is 2.85. The summed E-state index contributed by atoms with van der Waals surface area (Å²) in [6.45, 7) is 3.26. The van der Waals surface area contributed by atoms with Gasteiger partial charge in [-0.25, -0.2) is 4.79 Å². The molecule has 1 aliphatic heterocycles. The molecule has 1 aromatic carbocycles. The molecular formula is C17H24N2O3. The van der Waals surface area contributed by atoms with Gasteiger partial charge in [-0.1, -0.05) is 29.8 Å². The van der Waals surface area contributed by atoms with Gasteiger partial charge in [0.05, 0.1) is 0 Å². The molecule has 0 aliphatic carbocycles. The fourth-order valence-electron chi connectivity index (χ4n) is 2.85. The van der Waals surface area contributed by atoms with Gasteiger partial charge in [-0.05, 0) is 38.2 Å². The second-order valence-corrected chi connectivity index (χ2v) is 5.91. The molecule has 0 radical (unpaired) electrons. The number of aryl methyl sites for hydroxylation is 1. The third-order valence-electron chi connectivity index (χ3n) is 4.07. The molecule has 1 aromatic rings. The Kier molecular flexibility index (Phi) is 5.81. The Bertz CT molecular complexity index is 513. The van der Waals surface area contributed by atoms with Crippen LogP contribution in [0, 0.1) is 6.92 Å². The Labute approximate surface area is 131 Å². The lowest BCUT2D eigenvalue weighted by Crippen LogP contribution is -2.44. The largest absolute Gasteiger partial charge is 0.481 e. The van der Waals surface area contributed by atoms with Gasteiger partial charge < -0.3 is 15.3 Å². The number of urea groups is 1. The number of nitrogens with one attached hydrogen (secondary N) is 1. The lowest BCUT2D eigenvalue weighted by molar-refractivity contribution is -0.137. The number of hydrogen-bond donors (Lipinski definition) is 2. The van der Waals surface area contributed by atoms with Crippen LogP contribution in [0.25, 0.3) is 0 Å². The van der Waals surface area contributed by atoms with Crippen LogP contribution < -0.4 is 5.32 Å². The minimum atomic E-state index is -0.826. The standard InChI is InChI=1S/C17H24N2O3/c1-13-6-8-14(9-7-13)12-15-4-3-11-19(15)17(22)18-10-2-5-16(20)21/h6-9,15H,2-5,10-12H2,1H3,(H,18,22)(H,20,21). The summed E-state index contributed by atoms with van der Waals surface area (Å²) in [4.78, 5) is 24.6. The minimum Gasteiger partial charge on any atom is -0.481 e. The number of rotatable bonds is 6. The number of hydrogen-bond acceptors (Lipinski definition) is 2. The van der Waals surface area contributed by atoms with Gasteiger partial charge in [-0.2, -0.15) is 0 Å². The average Bonchev–Trinajstić information content (AvgIpc) is 2.94. The van der Waals surface area contributed by atoms with E-state index in [2.05, 4.69) is 36.5 Å². The normalized spacial score (nSPS) is 17.5. The molecule has 2 N–H and O–H groups in total. The van der Waals surface area contributed by atoms with Gasteiger partial charge in [-0.3, -0.25) is 4.79 Å². The molecule has 0 bridgehead atoms. The molecule has 2 amide bonds. The van der Waals surface area contributed by atoms with E-state index in [1.165, 1.54) is 11.1 Å². The molecule has 5 nitrogen and oxygen atoms in total. The number of likely N-dealkylation sites (tertiary alicyclic amines) is 1. The maximum Gasteiger partial charge on any atom is 0.317 e. The number of carbonyl (C=O) groups is 2. The highest BCUT2D eigenvalue weighted by Gasteiger charge is 2.28. The van der Waals surface area contributed by atoms with Crippen molar-refractivity contribution in [2.45, 2.75) is 45.1 Å². The first-order chi connectivity index (χ1) is 10.6. The molecule has 1 unspecified atom stereocenters. The minimum absolute atomic E-state index is 0.0694. The molecule has 1 fully saturated rings. The highest BCUT2D eigenvalue weighted by Crippen LogP contribution is 2.21. The van der Waals surface area contributed by atoms with E-state index in [1.807, 2.05) is 4.90 Å². The van der Waals surface area contributed by atoms with Crippen molar-refractivity contribution < 1.29 is 14.7 Å². The van der Waals surface area contributed by atoms with Crippen LogP contribution in [0.1, 0.15) is 36.8 Å². The Hall–Kier alpha value is -2.04. The lowest BCUT2D eigenvalue weighted by atomic mass is 10.0. The van der Waals surface area contributed by atoms with Crippen molar-refractivity contribution in [3.05, 3.63) is 35.4 Å². The zero-order valence-corrected chi connectivity index (χ0v) is 13.0. The van der Waals surface area contributed by atoms with Gasteiger partial charge >= 0.3 is 12.0 Å². The van der Waals surface area contributed by atoms with Crippen molar-refractivity contribution in [3.8, 4) is 0 Å². The van der Waals surface area contributed by atoms with E-state index >= 15 is 0 Å². The van der Waals surface area contributed by atoms with Crippen molar-refractivity contribution in [3.63, 3.8) is 0 Å². The first kappa shape index (κ1) is 16.3. The van der Waals surface area contributed by atoms with Crippen molar-refractivity contribution in [1.29, 1.82) is 0 Å². The second-order valence-electron chi connectivity index (χ2n) is 5.91. The van der Waals surface area contributed by atoms with E-state index in [1.54, 1.807) is 0 Å². The maximum atomic E-state index is 12.2. The number of carboxylic acids is 1. The summed E-state index contributed by atoms with van der Waals surface area (Å²) in [6.07, 6.45) is 3.49. The van der Waals surface area contributed by atoms with Crippen LogP contribution in [0.5, 0.6) is 0 Å². The molecule has 1 heterocycles. The van der Waals surface area contributed by atoms with Crippen LogP contribution >= 0.6 is 0 Å². The number of aliphatic carboxylic acids is 1. The quantitative estimate of drug-likeness (QED) is 0.794. The number of benzene rings is 1. The molecule has 1 aliphatic rings. The molecule has 1 saturated heterocycles. The van der Waals surface area contributed by atoms with Crippen LogP contribution in [-0.4, -0.2) is 41.1 Å². The Morgan fingerprint density at radius 3 is 2.73 bits per heavy atom. The summed E-state index contributed by atoms with van der Waals surface area (Å²) < 4.78 is 0. The Morgan fingerprint density at radius 2 is 2.05 bits per heavy atom. The second kappa shape index (κ2) is 7.82. The van der Waals surface area contributed by atoms with E-state index in [4.69, 9.17) is 5.11 Å². The number of carbonyl (C=O) groups excluding carboxylic acids is 1. The third-order valence-corrected chi connectivity index (χ3v) is 4.07. The molecule has 0 aromatic heterocycles. The van der Waals surface area contributed by atoms with Gasteiger partial charge in [0, 0.05) is 25.6 Å². The molecule has 2 rings (SSSR count). The smallest absolute Gasteiger partial charge is 0.317 e. The van der Waals surface area contributed by atoms with Gasteiger partial charge in [0.15, 0.2) is 0 Å². The monoisotopic (exact) mass is 304 g/mol. The molecule has 120 valence electrons. The Morgan fingerprint density at radius 1 is 1.32 bits per heavy atom. The molecular weight excluding hydrogens is 280 g/mol. The average molecular weight is 304 g/mol.